The zero-order valence-corrected chi connectivity index (χ0v) is 21.4. The Bertz CT molecular complexity index is 1450. The number of benzene rings is 1. The summed E-state index contributed by atoms with van der Waals surface area (Å²) in [7, 11) is 0. The van der Waals surface area contributed by atoms with Crippen LogP contribution < -0.4 is 10.3 Å². The number of carbonyl (C=O) groups excluding carboxylic acids is 1. The maximum atomic E-state index is 13.5. The number of esters is 1. The van der Waals surface area contributed by atoms with Crippen molar-refractivity contribution in [1.82, 2.24) is 19.5 Å². The summed E-state index contributed by atoms with van der Waals surface area (Å²) >= 11 is 0. The highest BCUT2D eigenvalue weighted by atomic mass is 16.6. The minimum atomic E-state index is -0.760. The summed E-state index contributed by atoms with van der Waals surface area (Å²) in [6.07, 6.45) is 7.94. The van der Waals surface area contributed by atoms with Gasteiger partial charge in [0.2, 0.25) is 5.75 Å². The predicted octanol–water partition coefficient (Wildman–Crippen LogP) is 5.43. The second-order valence-corrected chi connectivity index (χ2v) is 10.5. The molecule has 0 saturated heterocycles. The van der Waals surface area contributed by atoms with Gasteiger partial charge in [0.25, 0.3) is 5.56 Å². The molecule has 3 heterocycles. The number of nitrogens with zero attached hydrogens (tertiary/aromatic N) is 3. The lowest BCUT2D eigenvalue weighted by Crippen LogP contribution is -2.30. The first-order valence-corrected chi connectivity index (χ1v) is 12.8. The molecule has 4 aromatic rings. The van der Waals surface area contributed by atoms with Gasteiger partial charge in [0.15, 0.2) is 5.69 Å². The average molecular weight is 501 g/mol. The molecule has 1 aromatic carbocycles. The van der Waals surface area contributed by atoms with Crippen molar-refractivity contribution in [1.29, 1.82) is 0 Å². The van der Waals surface area contributed by atoms with Gasteiger partial charge in [0.05, 0.1) is 6.04 Å². The highest BCUT2D eigenvalue weighted by Crippen LogP contribution is 2.39. The summed E-state index contributed by atoms with van der Waals surface area (Å²) in [6, 6.07) is 15.1. The van der Waals surface area contributed by atoms with E-state index in [4.69, 9.17) is 14.5 Å². The van der Waals surface area contributed by atoms with E-state index < -0.39 is 17.1 Å². The van der Waals surface area contributed by atoms with Crippen LogP contribution in [0.15, 0.2) is 65.7 Å². The van der Waals surface area contributed by atoms with E-state index in [1.165, 1.54) is 0 Å². The fourth-order valence-corrected chi connectivity index (χ4v) is 5.01. The number of pyridine rings is 1. The molecule has 1 aliphatic carbocycles. The van der Waals surface area contributed by atoms with E-state index in [1.807, 2.05) is 54.7 Å². The molecule has 1 unspecified atom stereocenters. The second kappa shape index (κ2) is 10.2. The topological polar surface area (TPSA) is 99.1 Å². The van der Waals surface area contributed by atoms with Crippen LogP contribution in [0.5, 0.6) is 5.75 Å². The third-order valence-corrected chi connectivity index (χ3v) is 6.62. The van der Waals surface area contributed by atoms with Crippen LogP contribution in [0.4, 0.5) is 0 Å². The average Bonchev–Trinajstić information content (AvgIpc) is 3.54. The van der Waals surface area contributed by atoms with Gasteiger partial charge >= 0.3 is 5.97 Å². The Morgan fingerprint density at radius 3 is 2.59 bits per heavy atom. The molecule has 1 fully saturated rings. The zero-order valence-electron chi connectivity index (χ0n) is 21.4. The standard InChI is InChI=1S/C29H32N4O4/c1-29(2,3)37-28(35)22-24(36-18-19-10-5-4-6-11-19)27(34)32-25(31-22)23(20-12-7-8-13-20)33-17-15-21-14-9-16-30-26(21)33/h4-6,9-11,14-17,20,23H,7-8,12-13,18H2,1-3H3,(H,31,32,34). The first kappa shape index (κ1) is 24.7. The van der Waals surface area contributed by atoms with Gasteiger partial charge in [0.1, 0.15) is 23.7 Å². The number of fused-ring (bicyclic) bond motifs is 1. The Kier molecular flexibility index (Phi) is 6.82. The lowest BCUT2D eigenvalue weighted by molar-refractivity contribution is 0.00569. The van der Waals surface area contributed by atoms with Crippen LogP contribution in [0.2, 0.25) is 0 Å². The Hall–Kier alpha value is -3.94. The summed E-state index contributed by atoms with van der Waals surface area (Å²) in [4.78, 5) is 39.0. The molecule has 37 heavy (non-hydrogen) atoms. The highest BCUT2D eigenvalue weighted by molar-refractivity contribution is 5.90. The number of carbonyl (C=O) groups is 1. The smallest absolute Gasteiger partial charge is 0.361 e. The normalized spacial score (nSPS) is 15.1. The molecule has 1 N–H and O–H groups in total. The maximum absolute atomic E-state index is 13.5. The Balaban J connectivity index is 1.61. The van der Waals surface area contributed by atoms with Crippen molar-refractivity contribution in [3.8, 4) is 5.75 Å². The summed E-state index contributed by atoms with van der Waals surface area (Å²) in [5.74, 6) is -0.178. The number of aromatic nitrogens is 4. The predicted molar refractivity (Wildman–Crippen MR) is 141 cm³/mol. The summed E-state index contributed by atoms with van der Waals surface area (Å²) < 4.78 is 13.6. The van der Waals surface area contributed by atoms with E-state index in [0.29, 0.717) is 5.82 Å². The molecule has 192 valence electrons. The van der Waals surface area contributed by atoms with Crippen LogP contribution in [0, 0.1) is 5.92 Å². The summed E-state index contributed by atoms with van der Waals surface area (Å²) in [5, 5.41) is 1.00. The SMILES string of the molecule is CC(C)(C)OC(=O)c1nc(C(C2CCCC2)n2ccc3cccnc32)[nH]c(=O)c1OCc1ccccc1. The minimum absolute atomic E-state index is 0.114. The van der Waals surface area contributed by atoms with Gasteiger partial charge in [-0.25, -0.2) is 14.8 Å². The number of hydrogen-bond acceptors (Lipinski definition) is 6. The van der Waals surface area contributed by atoms with E-state index in [1.54, 1.807) is 27.0 Å². The molecule has 0 radical (unpaired) electrons. The van der Waals surface area contributed by atoms with Crippen molar-refractivity contribution in [2.45, 2.75) is 64.7 Å². The molecule has 5 rings (SSSR count). The van der Waals surface area contributed by atoms with Gasteiger partial charge in [-0.3, -0.25) is 4.79 Å². The van der Waals surface area contributed by atoms with Crippen molar-refractivity contribution < 1.29 is 14.3 Å². The largest absolute Gasteiger partial charge is 0.481 e. The molecular formula is C29H32N4O4. The molecule has 0 aliphatic heterocycles. The lowest BCUT2D eigenvalue weighted by atomic mass is 9.97. The van der Waals surface area contributed by atoms with Crippen LogP contribution in [0.3, 0.4) is 0 Å². The van der Waals surface area contributed by atoms with Gasteiger partial charge < -0.3 is 19.0 Å². The van der Waals surface area contributed by atoms with Gasteiger partial charge in [-0.15, -0.1) is 0 Å². The summed E-state index contributed by atoms with van der Waals surface area (Å²) in [6.45, 7) is 5.46. The number of rotatable bonds is 7. The van der Waals surface area contributed by atoms with Gasteiger partial charge in [-0.1, -0.05) is 43.2 Å². The number of nitrogens with one attached hydrogen (secondary N) is 1. The van der Waals surface area contributed by atoms with Crippen molar-refractivity contribution in [3.63, 3.8) is 0 Å². The Morgan fingerprint density at radius 1 is 1.11 bits per heavy atom. The monoisotopic (exact) mass is 500 g/mol. The number of ether oxygens (including phenoxy) is 2. The fourth-order valence-electron chi connectivity index (χ4n) is 5.01. The van der Waals surface area contributed by atoms with Gasteiger partial charge in [-0.2, -0.15) is 0 Å². The molecule has 3 aromatic heterocycles. The van der Waals surface area contributed by atoms with Crippen LogP contribution in [-0.2, 0) is 11.3 Å². The second-order valence-electron chi connectivity index (χ2n) is 10.5. The number of aromatic amines is 1. The van der Waals surface area contributed by atoms with Crippen molar-refractivity contribution in [3.05, 3.63) is 88.4 Å². The van der Waals surface area contributed by atoms with Crippen LogP contribution in [-0.4, -0.2) is 31.1 Å². The zero-order chi connectivity index (χ0) is 26.0. The first-order chi connectivity index (χ1) is 17.8. The first-order valence-electron chi connectivity index (χ1n) is 12.8. The third kappa shape index (κ3) is 5.43. The van der Waals surface area contributed by atoms with E-state index in [-0.39, 0.29) is 30.0 Å². The summed E-state index contributed by atoms with van der Waals surface area (Å²) in [5.41, 5.74) is 0.301. The van der Waals surface area contributed by atoms with Crippen molar-refractivity contribution in [2.24, 2.45) is 5.92 Å². The van der Waals surface area contributed by atoms with E-state index >= 15 is 0 Å². The Morgan fingerprint density at radius 2 is 1.86 bits per heavy atom. The molecule has 8 nitrogen and oxygen atoms in total. The number of hydrogen-bond donors (Lipinski definition) is 1. The molecule has 8 heteroatoms. The molecule has 1 aliphatic rings. The van der Waals surface area contributed by atoms with E-state index in [9.17, 15) is 9.59 Å². The fraction of sp³-hybridized carbons (Fsp3) is 0.379. The maximum Gasteiger partial charge on any atom is 0.361 e. The van der Waals surface area contributed by atoms with E-state index in [0.717, 1.165) is 42.3 Å². The molecule has 1 saturated carbocycles. The lowest BCUT2D eigenvalue weighted by Gasteiger charge is -2.26. The van der Waals surface area contributed by atoms with Crippen LogP contribution in [0.1, 0.15) is 74.4 Å². The van der Waals surface area contributed by atoms with E-state index in [2.05, 4.69) is 14.5 Å². The van der Waals surface area contributed by atoms with Crippen molar-refractivity contribution >= 4 is 17.0 Å². The van der Waals surface area contributed by atoms with Crippen LogP contribution in [0.25, 0.3) is 11.0 Å². The van der Waals surface area contributed by atoms with Gasteiger partial charge in [0, 0.05) is 17.8 Å². The minimum Gasteiger partial charge on any atom is -0.481 e. The highest BCUT2D eigenvalue weighted by Gasteiger charge is 2.33. The van der Waals surface area contributed by atoms with Gasteiger partial charge in [-0.05, 0) is 63.3 Å². The molecule has 0 amide bonds. The molecule has 1 atom stereocenters. The van der Waals surface area contributed by atoms with Crippen molar-refractivity contribution in [2.75, 3.05) is 0 Å². The Labute approximate surface area is 215 Å². The number of H-pyrrole nitrogens is 1. The molecule has 0 spiro atoms. The van der Waals surface area contributed by atoms with Crippen LogP contribution >= 0.6 is 0 Å². The molecule has 0 bridgehead atoms. The third-order valence-electron chi connectivity index (χ3n) is 6.62. The quantitative estimate of drug-likeness (QED) is 0.340. The molecular weight excluding hydrogens is 468 g/mol.